The van der Waals surface area contributed by atoms with Crippen LogP contribution in [0.25, 0.3) is 10.4 Å². The van der Waals surface area contributed by atoms with E-state index in [1.165, 1.54) is 0 Å². The first-order valence-electron chi connectivity index (χ1n) is 5.13. The highest BCUT2D eigenvalue weighted by molar-refractivity contribution is 5.74. The van der Waals surface area contributed by atoms with Crippen molar-refractivity contribution in [2.45, 2.75) is 38.4 Å². The van der Waals surface area contributed by atoms with Crippen LogP contribution < -0.4 is 0 Å². The van der Waals surface area contributed by atoms with E-state index in [-0.39, 0.29) is 0 Å². The highest BCUT2D eigenvalue weighted by atomic mass is 16.7. The van der Waals surface area contributed by atoms with E-state index in [0.29, 0.717) is 0 Å². The van der Waals surface area contributed by atoms with Gasteiger partial charge in [0.2, 0.25) is 6.29 Å². The second kappa shape index (κ2) is 6.03. The van der Waals surface area contributed by atoms with Crippen LogP contribution in [0, 0.1) is 0 Å². The smallest absolute Gasteiger partial charge is 0.333 e. The summed E-state index contributed by atoms with van der Waals surface area (Å²) in [5, 5.41) is 12.1. The topological polar surface area (TPSA) is 148 Å². The summed E-state index contributed by atoms with van der Waals surface area (Å²) in [5.74, 6) is -2.94. The first-order chi connectivity index (χ1) is 8.86. The number of esters is 2. The molecule has 10 nitrogen and oxygen atoms in total. The molecule has 19 heavy (non-hydrogen) atoms. The average Bonchev–Trinajstić information content (AvgIpc) is 2.57. The van der Waals surface area contributed by atoms with Gasteiger partial charge in [0.25, 0.3) is 0 Å². The van der Waals surface area contributed by atoms with Gasteiger partial charge in [-0.15, -0.1) is 0 Å². The van der Waals surface area contributed by atoms with E-state index in [1.807, 2.05) is 0 Å². The number of ether oxygens (including phenoxy) is 3. The molecule has 0 spiro atoms. The van der Waals surface area contributed by atoms with Gasteiger partial charge in [0, 0.05) is 18.8 Å². The molecule has 0 radical (unpaired) electrons. The standard InChI is InChI=1S/C9H11N3O7/c1-3(13)17-7-5(11-12-10)6(8(15)16)19-9(7)18-4(2)14/h5-7,9H,1-2H3,(H,15,16). The predicted octanol–water partition coefficient (Wildman–Crippen LogP) is -0.0304. The Hall–Kier alpha value is -2.32. The number of rotatable bonds is 4. The maximum Gasteiger partial charge on any atom is 0.333 e. The van der Waals surface area contributed by atoms with Crippen molar-refractivity contribution < 1.29 is 33.7 Å². The van der Waals surface area contributed by atoms with Crippen LogP contribution in [0.15, 0.2) is 5.11 Å². The van der Waals surface area contributed by atoms with Crippen LogP contribution in [-0.4, -0.2) is 47.6 Å². The number of azide groups is 1. The fourth-order valence-corrected chi connectivity index (χ4v) is 1.60. The molecule has 1 heterocycles. The van der Waals surface area contributed by atoms with Gasteiger partial charge in [0.15, 0.2) is 12.2 Å². The molecule has 104 valence electrons. The van der Waals surface area contributed by atoms with E-state index in [0.717, 1.165) is 13.8 Å². The first-order valence-corrected chi connectivity index (χ1v) is 5.13. The van der Waals surface area contributed by atoms with Crippen LogP contribution in [0.5, 0.6) is 0 Å². The molecule has 10 heteroatoms. The van der Waals surface area contributed by atoms with Gasteiger partial charge in [0.05, 0.1) is 0 Å². The van der Waals surface area contributed by atoms with Crippen molar-refractivity contribution in [3.63, 3.8) is 0 Å². The third-order valence-electron chi connectivity index (χ3n) is 2.21. The highest BCUT2D eigenvalue weighted by Gasteiger charge is 2.51. The molecule has 0 bridgehead atoms. The number of aliphatic carboxylic acids is 1. The number of nitrogens with zero attached hydrogens (tertiary/aromatic N) is 3. The summed E-state index contributed by atoms with van der Waals surface area (Å²) in [6.45, 7) is 2.15. The van der Waals surface area contributed by atoms with Crippen molar-refractivity contribution in [3.05, 3.63) is 10.4 Å². The Labute approximate surface area is 106 Å². The van der Waals surface area contributed by atoms with E-state index < -0.39 is 42.4 Å². The molecule has 1 aliphatic heterocycles. The zero-order chi connectivity index (χ0) is 14.6. The lowest BCUT2D eigenvalue weighted by atomic mass is 10.1. The number of carboxylic acids is 1. The minimum Gasteiger partial charge on any atom is -0.479 e. The monoisotopic (exact) mass is 273 g/mol. The number of hydrogen-bond acceptors (Lipinski definition) is 7. The second-order valence-corrected chi connectivity index (χ2v) is 3.64. The molecule has 0 aromatic rings. The molecule has 0 aromatic carbocycles. The maximum atomic E-state index is 11.0. The Morgan fingerprint density at radius 3 is 2.26 bits per heavy atom. The van der Waals surface area contributed by atoms with Gasteiger partial charge in [-0.05, 0) is 5.53 Å². The number of carbonyl (C=O) groups is 3. The van der Waals surface area contributed by atoms with Crippen molar-refractivity contribution in [2.75, 3.05) is 0 Å². The summed E-state index contributed by atoms with van der Waals surface area (Å²) >= 11 is 0. The molecule has 4 atom stereocenters. The Kier molecular flexibility index (Phi) is 4.67. The lowest BCUT2D eigenvalue weighted by molar-refractivity contribution is -0.197. The molecule has 4 unspecified atom stereocenters. The van der Waals surface area contributed by atoms with Crippen LogP contribution in [-0.2, 0) is 28.6 Å². The summed E-state index contributed by atoms with van der Waals surface area (Å²) < 4.78 is 14.4. The molecule has 0 saturated carbocycles. The fourth-order valence-electron chi connectivity index (χ4n) is 1.60. The van der Waals surface area contributed by atoms with E-state index >= 15 is 0 Å². The summed E-state index contributed by atoms with van der Waals surface area (Å²) in [7, 11) is 0. The van der Waals surface area contributed by atoms with Crippen LogP contribution in [0.2, 0.25) is 0 Å². The minimum atomic E-state index is -1.57. The largest absolute Gasteiger partial charge is 0.479 e. The zero-order valence-electron chi connectivity index (χ0n) is 10.0. The zero-order valence-corrected chi connectivity index (χ0v) is 10.0. The quantitative estimate of drug-likeness (QED) is 0.327. The molecule has 1 fully saturated rings. The van der Waals surface area contributed by atoms with Gasteiger partial charge in [-0.2, -0.15) is 0 Å². The molecule has 0 amide bonds. The van der Waals surface area contributed by atoms with Gasteiger partial charge < -0.3 is 19.3 Å². The van der Waals surface area contributed by atoms with Gasteiger partial charge in [-0.25, -0.2) is 4.79 Å². The van der Waals surface area contributed by atoms with Gasteiger partial charge in [-0.1, -0.05) is 5.11 Å². The van der Waals surface area contributed by atoms with Crippen molar-refractivity contribution in [3.8, 4) is 0 Å². The normalized spacial score (nSPS) is 29.2. The van der Waals surface area contributed by atoms with Gasteiger partial charge in [0.1, 0.15) is 6.04 Å². The number of carbonyl (C=O) groups excluding carboxylic acids is 2. The summed E-state index contributed by atoms with van der Waals surface area (Å²) in [4.78, 5) is 35.3. The summed E-state index contributed by atoms with van der Waals surface area (Å²) in [5.41, 5.74) is 8.41. The van der Waals surface area contributed by atoms with Gasteiger partial charge in [-0.3, -0.25) is 9.59 Å². The summed E-state index contributed by atoms with van der Waals surface area (Å²) in [6, 6.07) is -1.32. The number of hydrogen-bond donors (Lipinski definition) is 1. The van der Waals surface area contributed by atoms with E-state index in [9.17, 15) is 14.4 Å². The van der Waals surface area contributed by atoms with Gasteiger partial charge >= 0.3 is 17.9 Å². The molecule has 1 N–H and O–H groups in total. The van der Waals surface area contributed by atoms with Crippen LogP contribution in [0.1, 0.15) is 13.8 Å². The molecular formula is C9H11N3O7. The Morgan fingerprint density at radius 2 is 1.84 bits per heavy atom. The molecule has 1 rings (SSSR count). The number of carboxylic acid groups (broad SMARTS) is 1. The molecule has 1 saturated heterocycles. The highest BCUT2D eigenvalue weighted by Crippen LogP contribution is 2.28. The van der Waals surface area contributed by atoms with E-state index in [4.69, 9.17) is 24.8 Å². The van der Waals surface area contributed by atoms with Crippen LogP contribution in [0.4, 0.5) is 0 Å². The predicted molar refractivity (Wildman–Crippen MR) is 56.6 cm³/mol. The van der Waals surface area contributed by atoms with E-state index in [1.54, 1.807) is 0 Å². The SMILES string of the molecule is CC(=O)OC1OC(C(=O)O)C(N=[N+]=[N-])C1OC(C)=O. The van der Waals surface area contributed by atoms with Crippen LogP contribution >= 0.6 is 0 Å². The first kappa shape index (κ1) is 14.7. The fraction of sp³-hybridized carbons (Fsp3) is 0.667. The molecular weight excluding hydrogens is 262 g/mol. The lowest BCUT2D eigenvalue weighted by Crippen LogP contribution is -2.38. The molecule has 0 aromatic heterocycles. The summed E-state index contributed by atoms with van der Waals surface area (Å²) in [6.07, 6.45) is -4.30. The average molecular weight is 273 g/mol. The van der Waals surface area contributed by atoms with Crippen molar-refractivity contribution in [1.82, 2.24) is 0 Å². The molecule has 0 aliphatic carbocycles. The van der Waals surface area contributed by atoms with Crippen molar-refractivity contribution in [2.24, 2.45) is 5.11 Å². The third-order valence-corrected chi connectivity index (χ3v) is 2.21. The van der Waals surface area contributed by atoms with E-state index in [2.05, 4.69) is 10.0 Å². The Morgan fingerprint density at radius 1 is 1.26 bits per heavy atom. The van der Waals surface area contributed by atoms with Crippen molar-refractivity contribution >= 4 is 17.9 Å². The van der Waals surface area contributed by atoms with Crippen molar-refractivity contribution in [1.29, 1.82) is 0 Å². The Bertz CT molecular complexity index is 445. The third kappa shape index (κ3) is 3.57. The molecule has 1 aliphatic rings. The Balaban J connectivity index is 3.04. The minimum absolute atomic E-state index is 0.755. The van der Waals surface area contributed by atoms with Crippen LogP contribution in [0.3, 0.4) is 0 Å². The maximum absolute atomic E-state index is 11.0. The lowest BCUT2D eigenvalue weighted by Gasteiger charge is -2.19. The second-order valence-electron chi connectivity index (χ2n) is 3.64.